The van der Waals surface area contributed by atoms with Crippen LogP contribution in [0.25, 0.3) is 83.6 Å². The minimum atomic E-state index is -2.09. The van der Waals surface area contributed by atoms with Crippen LogP contribution in [0.15, 0.2) is 169 Å². The van der Waals surface area contributed by atoms with Gasteiger partial charge in [-0.2, -0.15) is 0 Å². The van der Waals surface area contributed by atoms with E-state index >= 15 is 0 Å². The molecule has 6 heteroatoms. The first kappa shape index (κ1) is 36.6. The van der Waals surface area contributed by atoms with Crippen molar-refractivity contribution in [1.82, 2.24) is 19.5 Å². The van der Waals surface area contributed by atoms with Crippen molar-refractivity contribution in [1.29, 1.82) is 0 Å². The average Bonchev–Trinajstić information content (AvgIpc) is 3.88. The minimum Gasteiger partial charge on any atom is -0.501 e. The van der Waals surface area contributed by atoms with Crippen molar-refractivity contribution < 1.29 is 28.6 Å². The molecular weight excluding hydrogens is 913 g/mol. The molecule has 0 amide bonds. The number of aryl methyl sites for hydroxylation is 1. The van der Waals surface area contributed by atoms with E-state index in [4.69, 9.17) is 13.5 Å². The summed E-state index contributed by atoms with van der Waals surface area (Å²) >= 11 is 0. The van der Waals surface area contributed by atoms with Gasteiger partial charge in [0.05, 0.1) is 22.4 Å². The Morgan fingerprint density at radius 1 is 0.650 bits per heavy atom. The molecule has 0 unspecified atom stereocenters. The van der Waals surface area contributed by atoms with Gasteiger partial charge in [0.25, 0.3) is 0 Å². The molecule has 0 aliphatic rings. The van der Waals surface area contributed by atoms with Gasteiger partial charge in [-0.05, 0) is 94.2 Å². The number of hydrogen-bond donors (Lipinski definition) is 0. The van der Waals surface area contributed by atoms with Gasteiger partial charge in [-0.3, -0.25) is 9.97 Å². The number of nitrogens with zero attached hydrogens (tertiary/aromatic N) is 4. The molecule has 0 fully saturated rings. The fourth-order valence-corrected chi connectivity index (χ4v) is 7.76. The Balaban J connectivity index is 0.000000271. The molecule has 0 bridgehead atoms. The fraction of sp³-hybridized carbons (Fsp3) is 0.130. The molecular formula is C54H44IrN4O-2. The summed E-state index contributed by atoms with van der Waals surface area (Å²) in [6, 6.07) is 55.7. The van der Waals surface area contributed by atoms with Gasteiger partial charge in [0, 0.05) is 59.4 Å². The summed E-state index contributed by atoms with van der Waals surface area (Å²) in [5, 5.41) is 2.12. The van der Waals surface area contributed by atoms with E-state index in [0.717, 1.165) is 66.7 Å². The van der Waals surface area contributed by atoms with Gasteiger partial charge in [-0.25, -0.2) is 0 Å². The third kappa shape index (κ3) is 7.85. The number of para-hydroxylation sites is 2. The Morgan fingerprint density at radius 3 is 2.12 bits per heavy atom. The van der Waals surface area contributed by atoms with E-state index in [0.29, 0.717) is 0 Å². The zero-order valence-electron chi connectivity index (χ0n) is 36.8. The van der Waals surface area contributed by atoms with Crippen molar-refractivity contribution in [3.05, 3.63) is 193 Å². The quantitative estimate of drug-likeness (QED) is 0.149. The monoisotopic (exact) mass is 960 g/mol. The van der Waals surface area contributed by atoms with Gasteiger partial charge in [0.15, 0.2) is 0 Å². The molecule has 10 aromatic rings. The van der Waals surface area contributed by atoms with Gasteiger partial charge < -0.3 is 14.0 Å². The number of pyridine rings is 2. The van der Waals surface area contributed by atoms with Crippen molar-refractivity contribution >= 4 is 33.0 Å². The van der Waals surface area contributed by atoms with Crippen molar-refractivity contribution in [3.63, 3.8) is 0 Å². The minimum absolute atomic E-state index is 0. The molecule has 60 heavy (non-hydrogen) atoms. The first-order valence-electron chi connectivity index (χ1n) is 21.5. The molecule has 0 aliphatic heterocycles. The van der Waals surface area contributed by atoms with Gasteiger partial charge in [0.2, 0.25) is 0 Å². The van der Waals surface area contributed by atoms with Crippen molar-refractivity contribution in [2.24, 2.45) is 0 Å². The molecule has 0 spiro atoms. The van der Waals surface area contributed by atoms with Gasteiger partial charge >= 0.3 is 0 Å². The SMILES string of the molecule is CC(C)c1cc(-c2ccccc2)cc(C(C)C)c1-n1c(-c2[c-]ccc3c2oc2cc(-c4cccnc4)ccc23)nc2ccccc21.[2H]C([2H])([2H])c1ccc(-c2[c-]cccc2)nc1.[Ir]. The number of furan rings is 1. The predicted octanol–water partition coefficient (Wildman–Crippen LogP) is 14.2. The summed E-state index contributed by atoms with van der Waals surface area (Å²) in [7, 11) is 0. The summed E-state index contributed by atoms with van der Waals surface area (Å²) in [4.78, 5) is 13.7. The summed E-state index contributed by atoms with van der Waals surface area (Å²) < 4.78 is 30.8. The second-order valence-electron chi connectivity index (χ2n) is 15.3. The van der Waals surface area contributed by atoms with Crippen LogP contribution in [0.2, 0.25) is 0 Å². The predicted molar refractivity (Wildman–Crippen MR) is 243 cm³/mol. The normalized spacial score (nSPS) is 12.2. The van der Waals surface area contributed by atoms with Crippen molar-refractivity contribution in [3.8, 4) is 50.6 Å². The van der Waals surface area contributed by atoms with Crippen LogP contribution in [0.5, 0.6) is 0 Å². The summed E-state index contributed by atoms with van der Waals surface area (Å²) in [5.41, 5.74) is 14.7. The maximum atomic E-state index is 7.23. The van der Waals surface area contributed by atoms with Crippen LogP contribution in [-0.4, -0.2) is 19.5 Å². The molecule has 0 atom stereocenters. The van der Waals surface area contributed by atoms with E-state index in [9.17, 15) is 0 Å². The van der Waals surface area contributed by atoms with E-state index in [1.807, 2.05) is 36.5 Å². The number of fused-ring (bicyclic) bond motifs is 4. The van der Waals surface area contributed by atoms with E-state index in [2.05, 4.69) is 151 Å². The van der Waals surface area contributed by atoms with E-state index in [1.165, 1.54) is 34.1 Å². The van der Waals surface area contributed by atoms with Crippen LogP contribution in [-0.2, 0) is 20.1 Å². The largest absolute Gasteiger partial charge is 0.501 e. The maximum absolute atomic E-state index is 7.23. The van der Waals surface area contributed by atoms with E-state index in [1.54, 1.807) is 24.4 Å². The molecule has 0 saturated heterocycles. The van der Waals surface area contributed by atoms with Crippen LogP contribution >= 0.6 is 0 Å². The molecule has 6 aromatic carbocycles. The third-order valence-corrected chi connectivity index (χ3v) is 10.7. The van der Waals surface area contributed by atoms with E-state index in [-0.39, 0.29) is 37.5 Å². The van der Waals surface area contributed by atoms with E-state index < -0.39 is 6.85 Å². The fourth-order valence-electron chi connectivity index (χ4n) is 7.76. The first-order chi connectivity index (χ1) is 30.0. The van der Waals surface area contributed by atoms with Crippen LogP contribution in [0.4, 0.5) is 0 Å². The Kier molecular flexibility index (Phi) is 10.6. The molecule has 0 saturated carbocycles. The zero-order chi connectivity index (χ0) is 43.0. The van der Waals surface area contributed by atoms with Crippen LogP contribution in [0.3, 0.4) is 0 Å². The number of rotatable bonds is 7. The first-order valence-corrected chi connectivity index (χ1v) is 20.0. The Hall–Kier alpha value is -6.46. The average molecular weight is 960 g/mol. The summed E-state index contributed by atoms with van der Waals surface area (Å²) in [6.45, 7) is 7.03. The molecule has 0 aliphatic carbocycles. The van der Waals surface area contributed by atoms with Crippen LogP contribution < -0.4 is 0 Å². The summed E-state index contributed by atoms with van der Waals surface area (Å²) in [5.74, 6) is 1.39. The van der Waals surface area contributed by atoms with Gasteiger partial charge in [-0.1, -0.05) is 111 Å². The zero-order valence-corrected chi connectivity index (χ0v) is 36.2. The molecule has 0 N–H and O–H groups in total. The Labute approximate surface area is 369 Å². The molecule has 4 heterocycles. The smallest absolute Gasteiger partial charge is 0.121 e. The Bertz CT molecular complexity index is 3130. The number of imidazole rings is 1. The molecule has 5 nitrogen and oxygen atoms in total. The molecule has 10 rings (SSSR count). The third-order valence-electron chi connectivity index (χ3n) is 10.7. The molecule has 297 valence electrons. The standard InChI is InChI=1S/C42H34N3O.C12H10N.Ir/c1-26(2)35-22-31(28-12-6-5-7-13-28)23-36(27(3)4)40(35)45-38-18-9-8-17-37(38)44-42(45)34-16-10-15-33-32-20-19-29(24-39(32)46-41(33)34)30-14-11-21-43-25-30;1-10-7-8-12(13-9-10)11-5-3-2-4-6-11;/h5-15,17-27H,1-4H3;2-5,7-9H,1H3;/q2*-1;/i;1D3;. The topological polar surface area (TPSA) is 56.7 Å². The van der Waals surface area contributed by atoms with Crippen molar-refractivity contribution in [2.45, 2.75) is 46.4 Å². The summed E-state index contributed by atoms with van der Waals surface area (Å²) in [6.07, 6.45) is 5.07. The second kappa shape index (κ2) is 17.4. The second-order valence-corrected chi connectivity index (χ2v) is 15.3. The maximum Gasteiger partial charge on any atom is 0.121 e. The Morgan fingerprint density at radius 2 is 1.42 bits per heavy atom. The number of aromatic nitrogens is 4. The van der Waals surface area contributed by atoms with Gasteiger partial charge in [-0.15, -0.1) is 54.1 Å². The number of hydrogen-bond acceptors (Lipinski definition) is 4. The van der Waals surface area contributed by atoms with Crippen LogP contribution in [0, 0.1) is 19.0 Å². The van der Waals surface area contributed by atoms with Gasteiger partial charge in [0.1, 0.15) is 5.58 Å². The molecule has 4 aromatic heterocycles. The van der Waals surface area contributed by atoms with Crippen molar-refractivity contribution in [2.75, 3.05) is 0 Å². The van der Waals surface area contributed by atoms with Crippen LogP contribution in [0.1, 0.15) is 60.3 Å². The molecule has 1 radical (unpaired) electrons. The number of benzene rings is 6.